The van der Waals surface area contributed by atoms with E-state index in [4.69, 9.17) is 9.72 Å². The first-order valence-corrected chi connectivity index (χ1v) is 8.67. The minimum atomic E-state index is -0.00551. The number of fused-ring (bicyclic) bond motifs is 1. The topological polar surface area (TPSA) is 50.1 Å². The molecule has 0 N–H and O–H groups in total. The van der Waals surface area contributed by atoms with Crippen LogP contribution in [-0.4, -0.2) is 65.1 Å². The Kier molecular flexibility index (Phi) is 5.60. The van der Waals surface area contributed by atoms with Crippen LogP contribution in [0.15, 0.2) is 29.2 Å². The van der Waals surface area contributed by atoms with Gasteiger partial charge in [-0.3, -0.25) is 19.0 Å². The summed E-state index contributed by atoms with van der Waals surface area (Å²) in [7, 11) is 0. The highest BCUT2D eigenvalue weighted by molar-refractivity contribution is 5.46. The number of hydrogen-bond donors (Lipinski definition) is 0. The number of aryl methyl sites for hydroxylation is 1. The van der Waals surface area contributed by atoms with Crippen molar-refractivity contribution in [1.82, 2.24) is 19.2 Å². The molecule has 0 unspecified atom stereocenters. The van der Waals surface area contributed by atoms with Crippen LogP contribution in [0.2, 0.25) is 0 Å². The van der Waals surface area contributed by atoms with Crippen LogP contribution in [-0.2, 0) is 11.3 Å². The van der Waals surface area contributed by atoms with Gasteiger partial charge < -0.3 is 4.74 Å². The van der Waals surface area contributed by atoms with Crippen LogP contribution in [0.4, 0.5) is 0 Å². The summed E-state index contributed by atoms with van der Waals surface area (Å²) in [5.41, 5.74) is 2.64. The van der Waals surface area contributed by atoms with E-state index in [1.807, 2.05) is 26.0 Å². The molecule has 0 bridgehead atoms. The summed E-state index contributed by atoms with van der Waals surface area (Å²) >= 11 is 0. The van der Waals surface area contributed by atoms with Gasteiger partial charge in [0, 0.05) is 58.1 Å². The van der Waals surface area contributed by atoms with E-state index in [-0.39, 0.29) is 5.56 Å². The Balaban J connectivity index is 1.62. The second kappa shape index (κ2) is 7.88. The first-order valence-electron chi connectivity index (χ1n) is 8.67. The van der Waals surface area contributed by atoms with Gasteiger partial charge in [-0.2, -0.15) is 0 Å². The number of aromatic nitrogens is 2. The van der Waals surface area contributed by atoms with Crippen LogP contribution >= 0.6 is 0 Å². The second-order valence-electron chi connectivity index (χ2n) is 6.29. The van der Waals surface area contributed by atoms with E-state index in [2.05, 4.69) is 9.80 Å². The standard InChI is InChI=1S/C18H26N4O2/c1-3-24-12-11-20-7-9-21(10-8-20)14-16-13-17(23)22-6-4-5-15(2)18(22)19-16/h4-6,13H,3,7-12,14H2,1-2H3. The fourth-order valence-electron chi connectivity index (χ4n) is 3.13. The summed E-state index contributed by atoms with van der Waals surface area (Å²) in [4.78, 5) is 21.8. The zero-order valence-electron chi connectivity index (χ0n) is 14.6. The lowest BCUT2D eigenvalue weighted by atomic mass is 10.2. The molecule has 24 heavy (non-hydrogen) atoms. The lowest BCUT2D eigenvalue weighted by Gasteiger charge is -2.34. The molecule has 1 saturated heterocycles. The zero-order chi connectivity index (χ0) is 16.9. The molecule has 2 aromatic rings. The molecule has 0 aliphatic carbocycles. The first-order chi connectivity index (χ1) is 11.7. The maximum atomic E-state index is 12.3. The summed E-state index contributed by atoms with van der Waals surface area (Å²) < 4.78 is 7.04. The van der Waals surface area contributed by atoms with E-state index in [0.717, 1.165) is 69.4 Å². The molecule has 0 amide bonds. The molecule has 1 aliphatic rings. The maximum absolute atomic E-state index is 12.3. The Morgan fingerprint density at radius 2 is 1.96 bits per heavy atom. The van der Waals surface area contributed by atoms with Gasteiger partial charge in [0.05, 0.1) is 12.3 Å². The Hall–Kier alpha value is -1.76. The normalized spacial score (nSPS) is 16.8. The molecule has 0 saturated carbocycles. The molecule has 1 fully saturated rings. The largest absolute Gasteiger partial charge is 0.380 e. The summed E-state index contributed by atoms with van der Waals surface area (Å²) in [5.74, 6) is 0. The Morgan fingerprint density at radius 1 is 1.21 bits per heavy atom. The Bertz CT molecular complexity index is 735. The molecule has 0 aromatic carbocycles. The van der Waals surface area contributed by atoms with Gasteiger partial charge in [-0.1, -0.05) is 6.07 Å². The number of piperazine rings is 1. The average Bonchev–Trinajstić information content (AvgIpc) is 2.58. The van der Waals surface area contributed by atoms with Crippen LogP contribution < -0.4 is 5.56 Å². The number of nitrogens with zero attached hydrogens (tertiary/aromatic N) is 4. The fourth-order valence-corrected chi connectivity index (χ4v) is 3.13. The van der Waals surface area contributed by atoms with E-state index in [9.17, 15) is 4.79 Å². The number of ether oxygens (including phenoxy) is 1. The molecule has 0 atom stereocenters. The van der Waals surface area contributed by atoms with E-state index in [1.54, 1.807) is 16.7 Å². The third-order valence-electron chi connectivity index (χ3n) is 4.55. The van der Waals surface area contributed by atoms with Crippen LogP contribution in [0.25, 0.3) is 5.65 Å². The minimum Gasteiger partial charge on any atom is -0.380 e. The predicted octanol–water partition coefficient (Wildman–Crippen LogP) is 1.16. The van der Waals surface area contributed by atoms with Crippen LogP contribution in [0.3, 0.4) is 0 Å². The summed E-state index contributed by atoms with van der Waals surface area (Å²) in [6, 6.07) is 5.53. The van der Waals surface area contributed by atoms with Crippen molar-refractivity contribution in [2.45, 2.75) is 20.4 Å². The van der Waals surface area contributed by atoms with E-state index in [1.165, 1.54) is 0 Å². The maximum Gasteiger partial charge on any atom is 0.258 e. The molecular weight excluding hydrogens is 304 g/mol. The van der Waals surface area contributed by atoms with Gasteiger partial charge in [-0.15, -0.1) is 0 Å². The molecule has 3 heterocycles. The SMILES string of the molecule is CCOCCN1CCN(Cc2cc(=O)n3cccc(C)c3n2)CC1. The Morgan fingerprint density at radius 3 is 2.71 bits per heavy atom. The number of pyridine rings is 1. The number of rotatable bonds is 6. The van der Waals surface area contributed by atoms with Crippen molar-refractivity contribution in [1.29, 1.82) is 0 Å². The van der Waals surface area contributed by atoms with Crippen molar-refractivity contribution in [3.05, 3.63) is 46.0 Å². The molecular formula is C18H26N4O2. The van der Waals surface area contributed by atoms with Crippen LogP contribution in [0.1, 0.15) is 18.2 Å². The summed E-state index contributed by atoms with van der Waals surface area (Å²) in [5, 5.41) is 0. The molecule has 0 radical (unpaired) electrons. The molecule has 0 spiro atoms. The highest BCUT2D eigenvalue weighted by Crippen LogP contribution is 2.09. The minimum absolute atomic E-state index is 0.00551. The monoisotopic (exact) mass is 330 g/mol. The van der Waals surface area contributed by atoms with E-state index < -0.39 is 0 Å². The third-order valence-corrected chi connectivity index (χ3v) is 4.55. The third kappa shape index (κ3) is 4.01. The van der Waals surface area contributed by atoms with Crippen LogP contribution in [0.5, 0.6) is 0 Å². The quantitative estimate of drug-likeness (QED) is 0.744. The second-order valence-corrected chi connectivity index (χ2v) is 6.29. The highest BCUT2D eigenvalue weighted by Gasteiger charge is 2.17. The molecule has 6 nitrogen and oxygen atoms in total. The van der Waals surface area contributed by atoms with E-state index in [0.29, 0.717) is 0 Å². The molecule has 2 aromatic heterocycles. The first kappa shape index (κ1) is 17.1. The zero-order valence-corrected chi connectivity index (χ0v) is 14.6. The fraction of sp³-hybridized carbons (Fsp3) is 0.556. The molecule has 130 valence electrons. The lowest BCUT2D eigenvalue weighted by molar-refractivity contribution is 0.0782. The predicted molar refractivity (Wildman–Crippen MR) is 94.4 cm³/mol. The summed E-state index contributed by atoms with van der Waals surface area (Å²) in [6.45, 7) is 11.4. The van der Waals surface area contributed by atoms with Crippen LogP contribution in [0, 0.1) is 6.92 Å². The van der Waals surface area contributed by atoms with Gasteiger partial charge in [0.2, 0.25) is 0 Å². The number of hydrogen-bond acceptors (Lipinski definition) is 5. The van der Waals surface area contributed by atoms with Gasteiger partial charge in [-0.25, -0.2) is 4.98 Å². The van der Waals surface area contributed by atoms with Crippen molar-refractivity contribution in [2.75, 3.05) is 45.9 Å². The van der Waals surface area contributed by atoms with Gasteiger partial charge in [0.15, 0.2) is 0 Å². The Labute approximate surface area is 142 Å². The van der Waals surface area contributed by atoms with Gasteiger partial charge in [0.25, 0.3) is 5.56 Å². The van der Waals surface area contributed by atoms with Crippen molar-refractivity contribution < 1.29 is 4.74 Å². The molecule has 6 heteroatoms. The lowest BCUT2D eigenvalue weighted by Crippen LogP contribution is -2.47. The van der Waals surface area contributed by atoms with E-state index >= 15 is 0 Å². The van der Waals surface area contributed by atoms with Crippen molar-refractivity contribution in [3.8, 4) is 0 Å². The van der Waals surface area contributed by atoms with Crippen molar-refractivity contribution in [2.24, 2.45) is 0 Å². The van der Waals surface area contributed by atoms with Gasteiger partial charge in [-0.05, 0) is 25.5 Å². The molecule has 3 rings (SSSR count). The van der Waals surface area contributed by atoms with Crippen molar-refractivity contribution >= 4 is 5.65 Å². The highest BCUT2D eigenvalue weighted by atomic mass is 16.5. The smallest absolute Gasteiger partial charge is 0.258 e. The van der Waals surface area contributed by atoms with Gasteiger partial charge in [0.1, 0.15) is 5.65 Å². The average molecular weight is 330 g/mol. The van der Waals surface area contributed by atoms with Crippen molar-refractivity contribution in [3.63, 3.8) is 0 Å². The summed E-state index contributed by atoms with van der Waals surface area (Å²) in [6.07, 6.45) is 1.78. The molecule has 1 aliphatic heterocycles. The van der Waals surface area contributed by atoms with Gasteiger partial charge >= 0.3 is 0 Å².